The van der Waals surface area contributed by atoms with Gasteiger partial charge in [-0.15, -0.1) is 10.2 Å². The van der Waals surface area contributed by atoms with Crippen molar-refractivity contribution in [3.05, 3.63) is 194 Å². The molecule has 0 fully saturated rings. The Hall–Kier alpha value is -7.50. The number of furan rings is 1. The van der Waals surface area contributed by atoms with Gasteiger partial charge in [0.05, 0.1) is 11.4 Å². The van der Waals surface area contributed by atoms with Crippen LogP contribution in [0.3, 0.4) is 0 Å². The lowest BCUT2D eigenvalue weighted by atomic mass is 9.93. The van der Waals surface area contributed by atoms with Crippen LogP contribution in [0.5, 0.6) is 0 Å². The van der Waals surface area contributed by atoms with E-state index >= 15 is 0 Å². The fourth-order valence-corrected chi connectivity index (χ4v) is 8.09. The zero-order valence-corrected chi connectivity index (χ0v) is 29.7. The van der Waals surface area contributed by atoms with E-state index in [0.717, 1.165) is 88.4 Å². The van der Waals surface area contributed by atoms with Gasteiger partial charge in [0.1, 0.15) is 22.2 Å². The van der Waals surface area contributed by atoms with Crippen molar-refractivity contribution < 1.29 is 4.42 Å². The summed E-state index contributed by atoms with van der Waals surface area (Å²) in [5.41, 5.74) is 12.1. The van der Waals surface area contributed by atoms with Crippen LogP contribution >= 0.6 is 0 Å². The van der Waals surface area contributed by atoms with Crippen LogP contribution in [-0.2, 0) is 0 Å². The molecule has 2 heterocycles. The van der Waals surface area contributed by atoms with Crippen LogP contribution in [-0.4, -0.2) is 15.0 Å². The fourth-order valence-electron chi connectivity index (χ4n) is 8.09. The van der Waals surface area contributed by atoms with E-state index in [2.05, 4.69) is 157 Å². The first-order valence-electron chi connectivity index (χ1n) is 18.5. The summed E-state index contributed by atoms with van der Waals surface area (Å²) in [6.07, 6.45) is 0. The second kappa shape index (κ2) is 12.6. The normalized spacial score (nSPS) is 11.6. The average Bonchev–Trinajstić information content (AvgIpc) is 3.86. The Morgan fingerprint density at radius 1 is 0.436 bits per heavy atom. The molecule has 0 atom stereocenters. The molecule has 0 bridgehead atoms. The molecule has 258 valence electrons. The molecule has 0 aliphatic rings. The number of hydrogen-bond acceptors (Lipinski definition) is 4. The second-order valence-electron chi connectivity index (χ2n) is 13.9. The lowest BCUT2D eigenvalue weighted by molar-refractivity contribution is 0.669. The zero-order chi connectivity index (χ0) is 36.3. The Balaban J connectivity index is 1.17. The standard InChI is InChI=1S/C50H32N4O/c1-3-13-33(14-4-1)39-17-7-8-18-40(39)41-19-9-11-21-46(41)53(38-28-29-43-42-20-10-12-22-47(42)55-48(43)32-38)37-27-25-34-23-24-35-26-30-45-50(49(35)44(34)31-37)52-54(51-45)36-15-5-2-6-16-36/h1-32H. The molecule has 5 nitrogen and oxygen atoms in total. The first kappa shape index (κ1) is 31.1. The Morgan fingerprint density at radius 3 is 1.95 bits per heavy atom. The van der Waals surface area contributed by atoms with Crippen molar-refractivity contribution in [2.45, 2.75) is 0 Å². The van der Waals surface area contributed by atoms with E-state index in [0.29, 0.717) is 0 Å². The van der Waals surface area contributed by atoms with Gasteiger partial charge in [0.2, 0.25) is 0 Å². The third-order valence-corrected chi connectivity index (χ3v) is 10.6. The van der Waals surface area contributed by atoms with Crippen molar-refractivity contribution in [2.24, 2.45) is 0 Å². The number of anilines is 3. The molecule has 9 aromatic carbocycles. The summed E-state index contributed by atoms with van der Waals surface area (Å²) in [4.78, 5) is 4.10. The fraction of sp³-hybridized carbons (Fsp3) is 0. The van der Waals surface area contributed by atoms with E-state index in [4.69, 9.17) is 14.6 Å². The number of hydrogen-bond donors (Lipinski definition) is 0. The van der Waals surface area contributed by atoms with Crippen molar-refractivity contribution in [2.75, 3.05) is 4.90 Å². The molecule has 0 aliphatic carbocycles. The minimum Gasteiger partial charge on any atom is -0.456 e. The van der Waals surface area contributed by atoms with Crippen molar-refractivity contribution in [1.29, 1.82) is 0 Å². The second-order valence-corrected chi connectivity index (χ2v) is 13.9. The van der Waals surface area contributed by atoms with Crippen LogP contribution < -0.4 is 4.90 Å². The summed E-state index contributed by atoms with van der Waals surface area (Å²) >= 11 is 0. The van der Waals surface area contributed by atoms with Gasteiger partial charge in [-0.25, -0.2) is 0 Å². The first-order valence-corrected chi connectivity index (χ1v) is 18.5. The van der Waals surface area contributed by atoms with E-state index in [-0.39, 0.29) is 0 Å². The molecule has 55 heavy (non-hydrogen) atoms. The summed E-state index contributed by atoms with van der Waals surface area (Å²) in [7, 11) is 0. The first-order chi connectivity index (χ1) is 27.3. The smallest absolute Gasteiger partial charge is 0.137 e. The Kier molecular flexibility index (Phi) is 7.10. The van der Waals surface area contributed by atoms with Crippen LogP contribution in [0.1, 0.15) is 0 Å². The highest BCUT2D eigenvalue weighted by atomic mass is 16.3. The topological polar surface area (TPSA) is 47.1 Å². The molecule has 5 heteroatoms. The maximum absolute atomic E-state index is 6.48. The number of benzene rings is 9. The average molecular weight is 705 g/mol. The highest BCUT2D eigenvalue weighted by Crippen LogP contribution is 2.46. The molecule has 0 unspecified atom stereocenters. The van der Waals surface area contributed by atoms with Crippen molar-refractivity contribution in [3.63, 3.8) is 0 Å². The molecular formula is C50H32N4O. The predicted octanol–water partition coefficient (Wildman–Crippen LogP) is 13.4. The monoisotopic (exact) mass is 704 g/mol. The van der Waals surface area contributed by atoms with Crippen molar-refractivity contribution in [3.8, 4) is 27.9 Å². The number of rotatable bonds is 6. The molecule has 0 spiro atoms. The van der Waals surface area contributed by atoms with Gasteiger partial charge in [-0.05, 0) is 87.4 Å². The molecule has 0 saturated heterocycles. The summed E-state index contributed by atoms with van der Waals surface area (Å²) in [6.45, 7) is 0. The molecule has 0 amide bonds. The maximum Gasteiger partial charge on any atom is 0.137 e. The van der Waals surface area contributed by atoms with Gasteiger partial charge in [-0.2, -0.15) is 4.80 Å². The SMILES string of the molecule is c1ccc(-c2ccccc2-c2ccccc2N(c2ccc3c(c2)oc2ccccc23)c2ccc3ccc4ccc5nn(-c6ccccc6)nc5c4c3c2)cc1. The molecule has 0 N–H and O–H groups in total. The molecule has 11 rings (SSSR count). The highest BCUT2D eigenvalue weighted by molar-refractivity contribution is 6.19. The van der Waals surface area contributed by atoms with Crippen LogP contribution in [0.2, 0.25) is 0 Å². The quantitative estimate of drug-likeness (QED) is 0.162. The summed E-state index contributed by atoms with van der Waals surface area (Å²) in [6, 6.07) is 68.2. The Bertz CT molecular complexity index is 3220. The molecule has 2 aromatic heterocycles. The minimum atomic E-state index is 0.844. The molecule has 11 aromatic rings. The van der Waals surface area contributed by atoms with Gasteiger partial charge >= 0.3 is 0 Å². The lowest BCUT2D eigenvalue weighted by Gasteiger charge is -2.29. The molecule has 0 radical (unpaired) electrons. The van der Waals surface area contributed by atoms with Gasteiger partial charge < -0.3 is 9.32 Å². The molecule has 0 aliphatic heterocycles. The van der Waals surface area contributed by atoms with Gasteiger partial charge in [0, 0.05) is 39.2 Å². The summed E-state index contributed by atoms with van der Waals surface area (Å²) in [5, 5.41) is 16.6. The van der Waals surface area contributed by atoms with Crippen LogP contribution in [0.4, 0.5) is 17.1 Å². The number of nitrogens with zero attached hydrogens (tertiary/aromatic N) is 4. The van der Waals surface area contributed by atoms with Crippen LogP contribution in [0, 0.1) is 0 Å². The van der Waals surface area contributed by atoms with Crippen molar-refractivity contribution in [1.82, 2.24) is 15.0 Å². The van der Waals surface area contributed by atoms with Gasteiger partial charge in [0.15, 0.2) is 0 Å². The van der Waals surface area contributed by atoms with E-state index in [1.807, 2.05) is 42.5 Å². The third-order valence-electron chi connectivity index (χ3n) is 10.6. The predicted molar refractivity (Wildman–Crippen MR) is 227 cm³/mol. The highest BCUT2D eigenvalue weighted by Gasteiger charge is 2.21. The minimum absolute atomic E-state index is 0.844. The van der Waals surface area contributed by atoms with Crippen LogP contribution in [0.25, 0.3) is 82.5 Å². The Morgan fingerprint density at radius 2 is 1.07 bits per heavy atom. The lowest BCUT2D eigenvalue weighted by Crippen LogP contribution is -2.11. The number of fused-ring (bicyclic) bond motifs is 8. The van der Waals surface area contributed by atoms with E-state index in [9.17, 15) is 0 Å². The molecular weight excluding hydrogens is 673 g/mol. The number of para-hydroxylation sites is 3. The molecule has 0 saturated carbocycles. The van der Waals surface area contributed by atoms with Gasteiger partial charge in [0.25, 0.3) is 0 Å². The van der Waals surface area contributed by atoms with E-state index in [1.165, 1.54) is 11.1 Å². The summed E-state index contributed by atoms with van der Waals surface area (Å²) < 4.78 is 6.48. The van der Waals surface area contributed by atoms with Crippen LogP contribution in [0.15, 0.2) is 199 Å². The summed E-state index contributed by atoms with van der Waals surface area (Å²) in [5.74, 6) is 0. The third kappa shape index (κ3) is 5.17. The van der Waals surface area contributed by atoms with Crippen molar-refractivity contribution >= 4 is 71.6 Å². The largest absolute Gasteiger partial charge is 0.456 e. The van der Waals surface area contributed by atoms with Gasteiger partial charge in [-0.1, -0.05) is 133 Å². The van der Waals surface area contributed by atoms with E-state index < -0.39 is 0 Å². The van der Waals surface area contributed by atoms with Gasteiger partial charge in [-0.3, -0.25) is 0 Å². The maximum atomic E-state index is 6.48. The van der Waals surface area contributed by atoms with E-state index in [1.54, 1.807) is 4.80 Å². The number of aromatic nitrogens is 3. The zero-order valence-electron chi connectivity index (χ0n) is 29.7. The Labute approximate surface area is 316 Å².